The minimum absolute atomic E-state index is 0.0913. The van der Waals surface area contributed by atoms with Crippen molar-refractivity contribution in [1.29, 1.82) is 0 Å². The highest BCUT2D eigenvalue weighted by Gasteiger charge is 2.70. The van der Waals surface area contributed by atoms with Gasteiger partial charge in [0.2, 0.25) is 0 Å². The van der Waals surface area contributed by atoms with Crippen LogP contribution in [-0.4, -0.2) is 12.6 Å². The quantitative estimate of drug-likeness (QED) is 0.671. The molecule has 0 N–H and O–H groups in total. The van der Waals surface area contributed by atoms with Gasteiger partial charge in [0.05, 0.1) is 12.0 Å². The Kier molecular flexibility index (Phi) is 2.15. The molecule has 90 valence electrons. The zero-order valence-corrected chi connectivity index (χ0v) is 10.4. The fourth-order valence-corrected chi connectivity index (χ4v) is 5.25. The standard InChI is InChI=1S/C14H22O2/c1-3-16-12(15)14-8-4-7-13(14,2)10-5-6-11(14)9-10/h10-11H,3-9H2,1-2H3/t10-,11+,13+,14-/m0/s1. The molecule has 3 saturated carbocycles. The number of hydrogen-bond donors (Lipinski definition) is 0. The maximum absolute atomic E-state index is 12.4. The lowest BCUT2D eigenvalue weighted by Gasteiger charge is -2.45. The molecule has 3 rings (SSSR count). The minimum atomic E-state index is -0.0913. The summed E-state index contributed by atoms with van der Waals surface area (Å²) in [5.74, 6) is 1.55. The van der Waals surface area contributed by atoms with Crippen LogP contribution < -0.4 is 0 Å². The Labute approximate surface area is 97.7 Å². The fraction of sp³-hybridized carbons (Fsp3) is 0.929. The summed E-state index contributed by atoms with van der Waals surface area (Å²) >= 11 is 0. The van der Waals surface area contributed by atoms with E-state index < -0.39 is 0 Å². The molecule has 3 aliphatic rings. The lowest BCUT2D eigenvalue weighted by molar-refractivity contribution is -0.167. The molecule has 4 atom stereocenters. The fourth-order valence-electron chi connectivity index (χ4n) is 5.25. The van der Waals surface area contributed by atoms with Gasteiger partial charge in [-0.3, -0.25) is 4.79 Å². The van der Waals surface area contributed by atoms with Crippen LogP contribution in [0, 0.1) is 22.7 Å². The van der Waals surface area contributed by atoms with Crippen molar-refractivity contribution in [2.75, 3.05) is 6.61 Å². The molecular weight excluding hydrogens is 200 g/mol. The topological polar surface area (TPSA) is 26.3 Å². The second-order valence-electron chi connectivity index (χ2n) is 6.17. The van der Waals surface area contributed by atoms with Gasteiger partial charge in [0.1, 0.15) is 0 Å². The molecule has 0 heterocycles. The van der Waals surface area contributed by atoms with E-state index in [0.717, 1.165) is 12.3 Å². The molecule has 0 aromatic heterocycles. The minimum Gasteiger partial charge on any atom is -0.466 e. The number of ether oxygens (including phenoxy) is 1. The van der Waals surface area contributed by atoms with Crippen LogP contribution in [0.3, 0.4) is 0 Å². The summed E-state index contributed by atoms with van der Waals surface area (Å²) in [5, 5.41) is 0. The zero-order valence-electron chi connectivity index (χ0n) is 10.4. The maximum atomic E-state index is 12.4. The monoisotopic (exact) mass is 222 g/mol. The van der Waals surface area contributed by atoms with Gasteiger partial charge in [-0.05, 0) is 56.3 Å². The van der Waals surface area contributed by atoms with E-state index in [2.05, 4.69) is 6.92 Å². The van der Waals surface area contributed by atoms with E-state index in [4.69, 9.17) is 4.74 Å². The van der Waals surface area contributed by atoms with Gasteiger partial charge in [0.25, 0.3) is 0 Å². The molecule has 0 aromatic carbocycles. The van der Waals surface area contributed by atoms with Gasteiger partial charge in [0, 0.05) is 0 Å². The van der Waals surface area contributed by atoms with Crippen molar-refractivity contribution >= 4 is 5.97 Å². The Morgan fingerprint density at radius 3 is 2.81 bits per heavy atom. The van der Waals surface area contributed by atoms with Crippen molar-refractivity contribution < 1.29 is 9.53 Å². The van der Waals surface area contributed by atoms with Crippen LogP contribution >= 0.6 is 0 Å². The highest BCUT2D eigenvalue weighted by molar-refractivity contribution is 5.80. The van der Waals surface area contributed by atoms with Gasteiger partial charge in [-0.25, -0.2) is 0 Å². The van der Waals surface area contributed by atoms with Crippen LogP contribution in [0.2, 0.25) is 0 Å². The lowest BCUT2D eigenvalue weighted by Crippen LogP contribution is -2.47. The summed E-state index contributed by atoms with van der Waals surface area (Å²) in [6.45, 7) is 4.82. The molecule has 0 unspecified atom stereocenters. The van der Waals surface area contributed by atoms with Crippen LogP contribution in [0.5, 0.6) is 0 Å². The summed E-state index contributed by atoms with van der Waals surface area (Å²) < 4.78 is 5.41. The molecule has 0 aromatic rings. The summed E-state index contributed by atoms with van der Waals surface area (Å²) in [6, 6.07) is 0. The number of rotatable bonds is 2. The summed E-state index contributed by atoms with van der Waals surface area (Å²) in [5.41, 5.74) is 0.175. The van der Waals surface area contributed by atoms with E-state index in [9.17, 15) is 4.79 Å². The predicted octanol–water partition coefficient (Wildman–Crippen LogP) is 3.16. The first-order chi connectivity index (χ1) is 7.65. The van der Waals surface area contributed by atoms with Crippen LogP contribution in [0.4, 0.5) is 0 Å². The van der Waals surface area contributed by atoms with Crippen molar-refractivity contribution in [3.63, 3.8) is 0 Å². The Hall–Kier alpha value is -0.530. The molecule has 2 bridgehead atoms. The second kappa shape index (κ2) is 3.24. The maximum Gasteiger partial charge on any atom is 0.312 e. The van der Waals surface area contributed by atoms with Crippen molar-refractivity contribution in [1.82, 2.24) is 0 Å². The van der Waals surface area contributed by atoms with Crippen molar-refractivity contribution in [2.45, 2.75) is 52.4 Å². The molecule has 16 heavy (non-hydrogen) atoms. The van der Waals surface area contributed by atoms with Crippen LogP contribution in [0.1, 0.15) is 52.4 Å². The normalized spacial score (nSPS) is 49.4. The van der Waals surface area contributed by atoms with Gasteiger partial charge >= 0.3 is 5.97 Å². The Balaban J connectivity index is 2.00. The molecule has 0 radical (unpaired) electrons. The molecule has 0 aliphatic heterocycles. The first kappa shape index (κ1) is 10.6. The molecule has 2 nitrogen and oxygen atoms in total. The van der Waals surface area contributed by atoms with Gasteiger partial charge in [-0.1, -0.05) is 13.3 Å². The SMILES string of the molecule is CCOC(=O)[C@@]12CCC[C@]1(C)[C@H]1CC[C@@H]2C1. The summed E-state index contributed by atoms with van der Waals surface area (Å²) in [7, 11) is 0. The van der Waals surface area contributed by atoms with E-state index in [1.54, 1.807) is 0 Å². The number of fused-ring (bicyclic) bond motifs is 5. The van der Waals surface area contributed by atoms with Crippen molar-refractivity contribution in [3.8, 4) is 0 Å². The molecule has 3 aliphatic carbocycles. The van der Waals surface area contributed by atoms with Gasteiger partial charge < -0.3 is 4.74 Å². The molecule has 0 spiro atoms. The Morgan fingerprint density at radius 1 is 1.31 bits per heavy atom. The second-order valence-corrected chi connectivity index (χ2v) is 6.17. The largest absolute Gasteiger partial charge is 0.466 e. The lowest BCUT2D eigenvalue weighted by atomic mass is 9.59. The number of esters is 1. The van der Waals surface area contributed by atoms with Crippen LogP contribution in [-0.2, 0) is 9.53 Å². The Bertz CT molecular complexity index is 325. The average Bonchev–Trinajstić information content (AvgIpc) is 2.86. The van der Waals surface area contributed by atoms with Gasteiger partial charge in [-0.15, -0.1) is 0 Å². The molecule has 2 heteroatoms. The first-order valence-electron chi connectivity index (χ1n) is 6.82. The zero-order chi connectivity index (χ0) is 11.4. The number of hydrogen-bond acceptors (Lipinski definition) is 2. The van der Waals surface area contributed by atoms with Gasteiger partial charge in [-0.2, -0.15) is 0 Å². The summed E-state index contributed by atoms with van der Waals surface area (Å²) in [6.07, 6.45) is 7.45. The van der Waals surface area contributed by atoms with E-state index in [0.29, 0.717) is 12.5 Å². The molecule has 3 fully saturated rings. The number of carbonyl (C=O) groups excluding carboxylic acids is 1. The predicted molar refractivity (Wildman–Crippen MR) is 61.9 cm³/mol. The third kappa shape index (κ3) is 0.970. The first-order valence-corrected chi connectivity index (χ1v) is 6.82. The third-order valence-corrected chi connectivity index (χ3v) is 5.96. The van der Waals surface area contributed by atoms with Crippen molar-refractivity contribution in [2.24, 2.45) is 22.7 Å². The summed E-state index contributed by atoms with van der Waals surface area (Å²) in [4.78, 5) is 12.4. The average molecular weight is 222 g/mol. The van der Waals surface area contributed by atoms with Crippen LogP contribution in [0.15, 0.2) is 0 Å². The van der Waals surface area contributed by atoms with E-state index in [-0.39, 0.29) is 16.8 Å². The molecule has 0 saturated heterocycles. The Morgan fingerprint density at radius 2 is 2.06 bits per heavy atom. The van der Waals surface area contributed by atoms with E-state index in [1.165, 1.54) is 32.1 Å². The van der Waals surface area contributed by atoms with Gasteiger partial charge in [0.15, 0.2) is 0 Å². The third-order valence-electron chi connectivity index (χ3n) is 5.96. The van der Waals surface area contributed by atoms with E-state index in [1.807, 2.05) is 6.92 Å². The van der Waals surface area contributed by atoms with Crippen LogP contribution in [0.25, 0.3) is 0 Å². The van der Waals surface area contributed by atoms with Crippen molar-refractivity contribution in [3.05, 3.63) is 0 Å². The smallest absolute Gasteiger partial charge is 0.312 e. The molecular formula is C14H22O2. The highest BCUT2D eigenvalue weighted by atomic mass is 16.5. The number of carbonyl (C=O) groups is 1. The molecule has 0 amide bonds. The highest BCUT2D eigenvalue weighted by Crippen LogP contribution is 2.73. The van der Waals surface area contributed by atoms with E-state index >= 15 is 0 Å².